The number of likely N-dealkylation sites (tertiary alicyclic amines) is 1. The molecule has 27 heavy (non-hydrogen) atoms. The van der Waals surface area contributed by atoms with Crippen LogP contribution in [0.25, 0.3) is 0 Å². The zero-order chi connectivity index (χ0) is 19.3. The first-order valence-electron chi connectivity index (χ1n) is 8.59. The molecule has 2 aromatic rings. The van der Waals surface area contributed by atoms with Crippen molar-refractivity contribution in [1.29, 1.82) is 0 Å². The summed E-state index contributed by atoms with van der Waals surface area (Å²) in [5.74, 6) is 0.972. The number of methoxy groups -OCH3 is 1. The van der Waals surface area contributed by atoms with Crippen LogP contribution in [0, 0.1) is 0 Å². The quantitative estimate of drug-likeness (QED) is 0.756. The summed E-state index contributed by atoms with van der Waals surface area (Å²) in [6.07, 6.45) is 1.15. The lowest BCUT2D eigenvalue weighted by Gasteiger charge is -2.32. The van der Waals surface area contributed by atoms with Crippen LogP contribution in [0.1, 0.15) is 12.8 Å². The van der Waals surface area contributed by atoms with Crippen molar-refractivity contribution in [3.63, 3.8) is 0 Å². The maximum absolute atomic E-state index is 12.4. The van der Waals surface area contributed by atoms with E-state index in [0.29, 0.717) is 41.6 Å². The summed E-state index contributed by atoms with van der Waals surface area (Å²) >= 11 is 1.19. The van der Waals surface area contributed by atoms with Gasteiger partial charge in [0.25, 0.3) is 5.91 Å². The second kappa shape index (κ2) is 8.73. The molecule has 1 saturated heterocycles. The van der Waals surface area contributed by atoms with Crippen LogP contribution >= 0.6 is 11.3 Å². The van der Waals surface area contributed by atoms with Crippen LogP contribution < -0.4 is 14.2 Å². The zero-order valence-electron chi connectivity index (χ0n) is 15.0. The lowest BCUT2D eigenvalue weighted by molar-refractivity contribution is -0.134. The topological polar surface area (TPSA) is 84.9 Å². The Morgan fingerprint density at radius 3 is 2.52 bits per heavy atom. The van der Waals surface area contributed by atoms with Crippen LogP contribution in [0.15, 0.2) is 46.0 Å². The Labute approximate surface area is 163 Å². The Hall–Kier alpha value is -2.10. The van der Waals surface area contributed by atoms with Crippen LogP contribution in [0.4, 0.5) is 0 Å². The van der Waals surface area contributed by atoms with E-state index in [2.05, 4.69) is 4.72 Å². The first kappa shape index (κ1) is 19.7. The molecular formula is C18H22N2O5S2. The van der Waals surface area contributed by atoms with Gasteiger partial charge >= 0.3 is 0 Å². The largest absolute Gasteiger partial charge is 0.493 e. The second-order valence-electron chi connectivity index (χ2n) is 6.15. The number of piperidine rings is 1. The van der Waals surface area contributed by atoms with Gasteiger partial charge in [-0.3, -0.25) is 4.79 Å². The van der Waals surface area contributed by atoms with Gasteiger partial charge < -0.3 is 14.4 Å². The summed E-state index contributed by atoms with van der Waals surface area (Å²) in [5, 5.41) is 1.73. The third-order valence-corrected chi connectivity index (χ3v) is 7.27. The Balaban J connectivity index is 1.48. The minimum Gasteiger partial charge on any atom is -0.493 e. The van der Waals surface area contributed by atoms with Gasteiger partial charge in [0.05, 0.1) is 7.11 Å². The van der Waals surface area contributed by atoms with Crippen LogP contribution in [-0.2, 0) is 14.8 Å². The van der Waals surface area contributed by atoms with Crippen LogP contribution in [0.5, 0.6) is 11.5 Å². The summed E-state index contributed by atoms with van der Waals surface area (Å²) in [4.78, 5) is 14.1. The molecular weight excluding hydrogens is 388 g/mol. The van der Waals surface area contributed by atoms with Gasteiger partial charge in [0.2, 0.25) is 10.0 Å². The third-order valence-electron chi connectivity index (χ3n) is 4.35. The smallest absolute Gasteiger partial charge is 0.260 e. The van der Waals surface area contributed by atoms with E-state index in [4.69, 9.17) is 9.47 Å². The molecule has 0 radical (unpaired) electrons. The standard InChI is InChI=1S/C18H22N2O5S2/c1-24-15-5-2-3-6-16(15)25-13-17(21)20-10-8-14(9-11-20)19-27(22,23)18-7-4-12-26-18/h2-7,12,14,19H,8-11,13H2,1H3. The Morgan fingerprint density at radius 1 is 1.19 bits per heavy atom. The number of carbonyl (C=O) groups excluding carboxylic acids is 1. The molecule has 146 valence electrons. The molecule has 0 unspecified atom stereocenters. The molecule has 1 aromatic heterocycles. The van der Waals surface area contributed by atoms with Crippen molar-refractivity contribution in [3.05, 3.63) is 41.8 Å². The maximum atomic E-state index is 12.4. The van der Waals surface area contributed by atoms with E-state index in [1.807, 2.05) is 12.1 Å². The molecule has 0 saturated carbocycles. The highest BCUT2D eigenvalue weighted by atomic mass is 32.2. The summed E-state index contributed by atoms with van der Waals surface area (Å²) in [5.41, 5.74) is 0. The molecule has 0 aliphatic carbocycles. The number of para-hydroxylation sites is 2. The van der Waals surface area contributed by atoms with Crippen molar-refractivity contribution in [2.24, 2.45) is 0 Å². The molecule has 1 amide bonds. The van der Waals surface area contributed by atoms with E-state index in [-0.39, 0.29) is 18.6 Å². The number of nitrogens with one attached hydrogen (secondary N) is 1. The molecule has 1 aliphatic heterocycles. The van der Waals surface area contributed by atoms with E-state index < -0.39 is 10.0 Å². The lowest BCUT2D eigenvalue weighted by atomic mass is 10.1. The number of carbonyl (C=O) groups is 1. The normalized spacial score (nSPS) is 15.5. The van der Waals surface area contributed by atoms with Crippen LogP contribution in [0.2, 0.25) is 0 Å². The highest BCUT2D eigenvalue weighted by molar-refractivity contribution is 7.91. The second-order valence-corrected chi connectivity index (χ2v) is 9.04. The summed E-state index contributed by atoms with van der Waals surface area (Å²) < 4.78 is 38.4. The number of sulfonamides is 1. The molecule has 0 atom stereocenters. The van der Waals surface area contributed by atoms with E-state index in [9.17, 15) is 13.2 Å². The number of rotatable bonds is 7. The first-order chi connectivity index (χ1) is 13.0. The molecule has 1 aromatic carbocycles. The van der Waals surface area contributed by atoms with E-state index in [0.717, 1.165) is 0 Å². The van der Waals surface area contributed by atoms with Gasteiger partial charge in [-0.15, -0.1) is 11.3 Å². The average Bonchev–Trinajstić information content (AvgIpc) is 3.22. The SMILES string of the molecule is COc1ccccc1OCC(=O)N1CCC(NS(=O)(=O)c2cccs2)CC1. The number of amides is 1. The summed E-state index contributed by atoms with van der Waals surface area (Å²) in [6.45, 7) is 0.906. The Morgan fingerprint density at radius 2 is 1.89 bits per heavy atom. The third kappa shape index (κ3) is 5.00. The summed E-state index contributed by atoms with van der Waals surface area (Å²) in [7, 11) is -1.93. The van der Waals surface area contributed by atoms with Gasteiger partial charge in [0.15, 0.2) is 18.1 Å². The van der Waals surface area contributed by atoms with E-state index in [1.54, 1.807) is 41.7 Å². The van der Waals surface area contributed by atoms with Gasteiger partial charge in [0.1, 0.15) is 4.21 Å². The van der Waals surface area contributed by atoms with Crippen LogP contribution in [0.3, 0.4) is 0 Å². The molecule has 9 heteroatoms. The number of hydrogen-bond acceptors (Lipinski definition) is 6. The molecule has 0 bridgehead atoms. The molecule has 0 spiro atoms. The van der Waals surface area contributed by atoms with Gasteiger partial charge in [-0.25, -0.2) is 13.1 Å². The van der Waals surface area contributed by atoms with Gasteiger partial charge in [-0.2, -0.15) is 0 Å². The molecule has 3 rings (SSSR count). The minimum atomic E-state index is -3.48. The molecule has 1 N–H and O–H groups in total. The van der Waals surface area contributed by atoms with Crippen molar-refractivity contribution in [3.8, 4) is 11.5 Å². The zero-order valence-corrected chi connectivity index (χ0v) is 16.6. The predicted octanol–water partition coefficient (Wildman–Crippen LogP) is 2.10. The van der Waals surface area contributed by atoms with Gasteiger partial charge in [-0.05, 0) is 36.4 Å². The first-order valence-corrected chi connectivity index (χ1v) is 11.0. The fourth-order valence-corrected chi connectivity index (χ4v) is 5.22. The lowest BCUT2D eigenvalue weighted by Crippen LogP contribution is -2.47. The number of ether oxygens (including phenoxy) is 2. The number of nitrogens with zero attached hydrogens (tertiary/aromatic N) is 1. The maximum Gasteiger partial charge on any atom is 0.260 e. The molecule has 2 heterocycles. The fraction of sp³-hybridized carbons (Fsp3) is 0.389. The summed E-state index contributed by atoms with van der Waals surface area (Å²) in [6, 6.07) is 10.3. The molecule has 1 fully saturated rings. The molecule has 1 aliphatic rings. The average molecular weight is 411 g/mol. The highest BCUT2D eigenvalue weighted by Gasteiger charge is 2.27. The highest BCUT2D eigenvalue weighted by Crippen LogP contribution is 2.26. The predicted molar refractivity (Wildman–Crippen MR) is 103 cm³/mol. The van der Waals surface area contributed by atoms with Crippen molar-refractivity contribution >= 4 is 27.3 Å². The monoisotopic (exact) mass is 410 g/mol. The van der Waals surface area contributed by atoms with Crippen LogP contribution in [-0.4, -0.2) is 52.1 Å². The number of thiophene rings is 1. The van der Waals surface area contributed by atoms with Crippen molar-refractivity contribution in [2.75, 3.05) is 26.8 Å². The fourth-order valence-electron chi connectivity index (χ4n) is 2.91. The van der Waals surface area contributed by atoms with Gasteiger partial charge in [-0.1, -0.05) is 18.2 Å². The number of benzene rings is 1. The Bertz CT molecular complexity index is 860. The van der Waals surface area contributed by atoms with Crippen molar-refractivity contribution in [2.45, 2.75) is 23.1 Å². The van der Waals surface area contributed by atoms with Crippen molar-refractivity contribution in [1.82, 2.24) is 9.62 Å². The van der Waals surface area contributed by atoms with Gasteiger partial charge in [0, 0.05) is 19.1 Å². The Kier molecular flexibility index (Phi) is 6.35. The minimum absolute atomic E-state index is 0.0774. The van der Waals surface area contributed by atoms with Crippen molar-refractivity contribution < 1.29 is 22.7 Å². The van der Waals surface area contributed by atoms with E-state index in [1.165, 1.54) is 11.3 Å². The molecule has 7 nitrogen and oxygen atoms in total. The van der Waals surface area contributed by atoms with E-state index >= 15 is 0 Å². The number of hydrogen-bond donors (Lipinski definition) is 1.